The smallest absolute Gasteiger partial charge is 0.137 e. The number of halogens is 2. The van der Waals surface area contributed by atoms with Gasteiger partial charge in [0.15, 0.2) is 0 Å². The summed E-state index contributed by atoms with van der Waals surface area (Å²) in [5.41, 5.74) is 0.950. The van der Waals surface area contributed by atoms with E-state index in [-0.39, 0.29) is 11.9 Å². The van der Waals surface area contributed by atoms with Gasteiger partial charge in [0.1, 0.15) is 5.82 Å². The van der Waals surface area contributed by atoms with E-state index in [4.69, 9.17) is 0 Å². The Labute approximate surface area is 119 Å². The molecule has 0 aliphatic carbocycles. The molecular formula is C14H15BrFNS. The van der Waals surface area contributed by atoms with Crippen molar-refractivity contribution in [3.63, 3.8) is 0 Å². The van der Waals surface area contributed by atoms with Gasteiger partial charge in [0, 0.05) is 4.88 Å². The molecule has 18 heavy (non-hydrogen) atoms. The topological polar surface area (TPSA) is 12.0 Å². The van der Waals surface area contributed by atoms with Crippen LogP contribution in [0.2, 0.25) is 0 Å². The molecular weight excluding hydrogens is 313 g/mol. The van der Waals surface area contributed by atoms with E-state index in [1.54, 1.807) is 17.4 Å². The first-order valence-electron chi connectivity index (χ1n) is 5.94. The summed E-state index contributed by atoms with van der Waals surface area (Å²) >= 11 is 5.03. The summed E-state index contributed by atoms with van der Waals surface area (Å²) in [6.07, 6.45) is 1.05. The second kappa shape index (κ2) is 6.45. The molecule has 2 aromatic rings. The number of thiophene rings is 1. The Balaban J connectivity index is 2.37. The highest BCUT2D eigenvalue weighted by Crippen LogP contribution is 2.32. The van der Waals surface area contributed by atoms with Crippen LogP contribution in [-0.4, -0.2) is 6.54 Å². The van der Waals surface area contributed by atoms with Crippen molar-refractivity contribution < 1.29 is 4.39 Å². The van der Waals surface area contributed by atoms with Gasteiger partial charge >= 0.3 is 0 Å². The molecule has 1 aromatic heterocycles. The molecule has 0 radical (unpaired) electrons. The van der Waals surface area contributed by atoms with Crippen LogP contribution in [0.25, 0.3) is 0 Å². The van der Waals surface area contributed by atoms with Gasteiger partial charge in [-0.1, -0.05) is 25.1 Å². The number of benzene rings is 1. The average Bonchev–Trinajstić information content (AvgIpc) is 2.88. The van der Waals surface area contributed by atoms with Crippen molar-refractivity contribution in [2.24, 2.45) is 0 Å². The molecule has 0 spiro atoms. The maximum Gasteiger partial charge on any atom is 0.137 e. The molecule has 0 bridgehead atoms. The van der Waals surface area contributed by atoms with Crippen LogP contribution in [0.4, 0.5) is 4.39 Å². The maximum atomic E-state index is 13.6. The Morgan fingerprint density at radius 1 is 1.33 bits per heavy atom. The maximum absolute atomic E-state index is 13.6. The SMILES string of the molecule is CCCNC(c1cccs1)c1cccc(F)c1Br. The summed E-state index contributed by atoms with van der Waals surface area (Å²) < 4.78 is 14.2. The molecule has 0 saturated heterocycles. The molecule has 1 heterocycles. The van der Waals surface area contributed by atoms with Crippen molar-refractivity contribution in [1.82, 2.24) is 5.32 Å². The van der Waals surface area contributed by atoms with Gasteiger partial charge in [0.2, 0.25) is 0 Å². The van der Waals surface area contributed by atoms with E-state index in [2.05, 4.69) is 34.2 Å². The Bertz CT molecular complexity index is 499. The first-order valence-corrected chi connectivity index (χ1v) is 7.62. The summed E-state index contributed by atoms with van der Waals surface area (Å²) in [5.74, 6) is -0.215. The van der Waals surface area contributed by atoms with Gasteiger partial charge in [-0.25, -0.2) is 4.39 Å². The van der Waals surface area contributed by atoms with Crippen LogP contribution in [0.5, 0.6) is 0 Å². The highest BCUT2D eigenvalue weighted by Gasteiger charge is 2.18. The van der Waals surface area contributed by atoms with Gasteiger partial charge in [-0.3, -0.25) is 0 Å². The lowest BCUT2D eigenvalue weighted by atomic mass is 10.1. The van der Waals surface area contributed by atoms with E-state index in [1.165, 1.54) is 10.9 Å². The summed E-state index contributed by atoms with van der Waals surface area (Å²) in [6, 6.07) is 9.33. The third kappa shape index (κ3) is 2.99. The molecule has 4 heteroatoms. The minimum absolute atomic E-state index is 0.0509. The highest BCUT2D eigenvalue weighted by atomic mass is 79.9. The van der Waals surface area contributed by atoms with Crippen molar-refractivity contribution in [2.45, 2.75) is 19.4 Å². The van der Waals surface area contributed by atoms with Crippen molar-refractivity contribution in [1.29, 1.82) is 0 Å². The van der Waals surface area contributed by atoms with E-state index in [9.17, 15) is 4.39 Å². The summed E-state index contributed by atoms with van der Waals surface area (Å²) in [5, 5.41) is 5.51. The van der Waals surface area contributed by atoms with Gasteiger partial charge in [-0.15, -0.1) is 11.3 Å². The van der Waals surface area contributed by atoms with Crippen LogP contribution in [0, 0.1) is 5.82 Å². The summed E-state index contributed by atoms with van der Waals surface area (Å²) in [7, 11) is 0. The molecule has 1 aromatic carbocycles. The Kier molecular flexibility index (Phi) is 4.92. The Morgan fingerprint density at radius 2 is 2.17 bits per heavy atom. The largest absolute Gasteiger partial charge is 0.306 e. The average molecular weight is 328 g/mol. The Hall–Kier alpha value is -0.710. The van der Waals surface area contributed by atoms with Gasteiger partial charge in [-0.2, -0.15) is 0 Å². The fraction of sp³-hybridized carbons (Fsp3) is 0.286. The standard InChI is InChI=1S/C14H15BrFNS/c1-2-8-17-14(12-7-4-9-18-12)10-5-3-6-11(16)13(10)15/h3-7,9,14,17H,2,8H2,1H3. The van der Waals surface area contributed by atoms with Crippen LogP contribution in [0.1, 0.15) is 29.8 Å². The fourth-order valence-corrected chi connectivity index (χ4v) is 3.16. The molecule has 96 valence electrons. The van der Waals surface area contributed by atoms with Gasteiger partial charge in [-0.05, 0) is 52.0 Å². The second-order valence-corrected chi connectivity index (χ2v) is 5.82. The number of hydrogen-bond donors (Lipinski definition) is 1. The second-order valence-electron chi connectivity index (χ2n) is 4.05. The molecule has 0 aliphatic rings. The zero-order valence-electron chi connectivity index (χ0n) is 10.1. The quantitative estimate of drug-likeness (QED) is 0.836. The van der Waals surface area contributed by atoms with Gasteiger partial charge < -0.3 is 5.32 Å². The molecule has 1 N–H and O–H groups in total. The molecule has 1 nitrogen and oxygen atoms in total. The van der Waals surface area contributed by atoms with Crippen LogP contribution < -0.4 is 5.32 Å². The zero-order valence-corrected chi connectivity index (χ0v) is 12.5. The summed E-state index contributed by atoms with van der Waals surface area (Å²) in [4.78, 5) is 1.20. The lowest BCUT2D eigenvalue weighted by Gasteiger charge is -2.19. The van der Waals surface area contributed by atoms with E-state index in [0.29, 0.717) is 4.47 Å². The van der Waals surface area contributed by atoms with Crippen LogP contribution in [0.3, 0.4) is 0 Å². The minimum Gasteiger partial charge on any atom is -0.306 e. The van der Waals surface area contributed by atoms with E-state index < -0.39 is 0 Å². The first kappa shape index (κ1) is 13.7. The fourth-order valence-electron chi connectivity index (χ4n) is 1.85. The Morgan fingerprint density at radius 3 is 2.83 bits per heavy atom. The highest BCUT2D eigenvalue weighted by molar-refractivity contribution is 9.10. The van der Waals surface area contributed by atoms with Crippen molar-refractivity contribution >= 4 is 27.3 Å². The van der Waals surface area contributed by atoms with Gasteiger partial charge in [0.05, 0.1) is 10.5 Å². The van der Waals surface area contributed by atoms with E-state index in [0.717, 1.165) is 18.5 Å². The predicted octanol–water partition coefficient (Wildman–Crippen LogP) is 4.74. The zero-order chi connectivity index (χ0) is 13.0. The molecule has 1 atom stereocenters. The molecule has 0 amide bonds. The molecule has 2 rings (SSSR count). The molecule has 0 aliphatic heterocycles. The molecule has 0 fully saturated rings. The number of nitrogens with one attached hydrogen (secondary N) is 1. The first-order chi connectivity index (χ1) is 8.74. The van der Waals surface area contributed by atoms with Crippen molar-refractivity contribution in [3.8, 4) is 0 Å². The third-order valence-electron chi connectivity index (χ3n) is 2.72. The van der Waals surface area contributed by atoms with E-state index >= 15 is 0 Å². The van der Waals surface area contributed by atoms with Crippen LogP contribution in [0.15, 0.2) is 40.2 Å². The van der Waals surface area contributed by atoms with E-state index in [1.807, 2.05) is 17.5 Å². The monoisotopic (exact) mass is 327 g/mol. The lowest BCUT2D eigenvalue weighted by molar-refractivity contribution is 0.585. The van der Waals surface area contributed by atoms with Crippen molar-refractivity contribution in [3.05, 3.63) is 56.4 Å². The molecule has 0 saturated carbocycles. The summed E-state index contributed by atoms with van der Waals surface area (Å²) in [6.45, 7) is 3.03. The third-order valence-corrected chi connectivity index (χ3v) is 4.49. The van der Waals surface area contributed by atoms with Crippen LogP contribution >= 0.6 is 27.3 Å². The number of rotatable bonds is 5. The van der Waals surface area contributed by atoms with Crippen LogP contribution in [-0.2, 0) is 0 Å². The predicted molar refractivity (Wildman–Crippen MR) is 78.6 cm³/mol. The molecule has 1 unspecified atom stereocenters. The van der Waals surface area contributed by atoms with Gasteiger partial charge in [0.25, 0.3) is 0 Å². The minimum atomic E-state index is -0.215. The lowest BCUT2D eigenvalue weighted by Crippen LogP contribution is -2.22. The van der Waals surface area contributed by atoms with Crippen molar-refractivity contribution in [2.75, 3.05) is 6.54 Å². The normalized spacial score (nSPS) is 12.6. The number of hydrogen-bond acceptors (Lipinski definition) is 2.